The Morgan fingerprint density at radius 2 is 1.60 bits per heavy atom. The summed E-state index contributed by atoms with van der Waals surface area (Å²) in [4.78, 5) is 0. The van der Waals surface area contributed by atoms with Crippen LogP contribution in [0, 0.1) is 17.5 Å². The molecule has 0 amide bonds. The summed E-state index contributed by atoms with van der Waals surface area (Å²) in [5.74, 6) is -2.07. The second-order valence-corrected chi connectivity index (χ2v) is 4.19. The Morgan fingerprint density at radius 3 is 2.25 bits per heavy atom. The number of ether oxygens (including phenoxy) is 1. The molecule has 2 nitrogen and oxygen atoms in total. The third-order valence-corrected chi connectivity index (χ3v) is 2.64. The Bertz CT molecular complexity index is 537. The van der Waals surface area contributed by atoms with Crippen LogP contribution in [0.15, 0.2) is 42.5 Å². The molecule has 1 N–H and O–H groups in total. The molecule has 0 saturated heterocycles. The Morgan fingerprint density at radius 1 is 0.950 bits per heavy atom. The normalized spacial score (nSPS) is 10.3. The highest BCUT2D eigenvalue weighted by Gasteiger charge is 2.10. The van der Waals surface area contributed by atoms with Gasteiger partial charge in [0.1, 0.15) is 17.3 Å². The number of nitrogens with one attached hydrogen (secondary N) is 1. The summed E-state index contributed by atoms with van der Waals surface area (Å²) in [7, 11) is 0. The minimum absolute atomic E-state index is 0.314. The van der Waals surface area contributed by atoms with Gasteiger partial charge < -0.3 is 10.1 Å². The standard InChI is InChI=1S/C15H14F3NO/c16-11-9-13(17)15(14(18)10-11)19-7-4-8-20-12-5-2-1-3-6-12/h1-3,5-6,9-10,19H,4,7-8H2. The Balaban J connectivity index is 1.76. The smallest absolute Gasteiger partial charge is 0.152 e. The average Bonchev–Trinajstić information content (AvgIpc) is 2.42. The first kappa shape index (κ1) is 14.2. The summed E-state index contributed by atoms with van der Waals surface area (Å²) in [6.45, 7) is 0.744. The van der Waals surface area contributed by atoms with Crippen molar-refractivity contribution in [2.75, 3.05) is 18.5 Å². The number of halogens is 3. The SMILES string of the molecule is Fc1cc(F)c(NCCCOc2ccccc2)c(F)c1. The molecule has 20 heavy (non-hydrogen) atoms. The van der Waals surface area contributed by atoms with Gasteiger partial charge in [0.2, 0.25) is 0 Å². The molecule has 0 heterocycles. The quantitative estimate of drug-likeness (QED) is 0.808. The molecule has 5 heteroatoms. The van der Waals surface area contributed by atoms with E-state index < -0.39 is 17.5 Å². The van der Waals surface area contributed by atoms with Gasteiger partial charge >= 0.3 is 0 Å². The first-order chi connectivity index (χ1) is 9.66. The van der Waals surface area contributed by atoms with E-state index in [0.29, 0.717) is 31.7 Å². The minimum Gasteiger partial charge on any atom is -0.494 e. The van der Waals surface area contributed by atoms with E-state index in [-0.39, 0.29) is 5.69 Å². The summed E-state index contributed by atoms with van der Waals surface area (Å²) in [6, 6.07) is 10.5. The van der Waals surface area contributed by atoms with Crippen molar-refractivity contribution in [3.05, 3.63) is 59.9 Å². The minimum atomic E-state index is -0.938. The van der Waals surface area contributed by atoms with Gasteiger partial charge in [0.25, 0.3) is 0 Å². The third kappa shape index (κ3) is 3.91. The molecule has 0 atom stereocenters. The van der Waals surface area contributed by atoms with Crippen LogP contribution in [0.3, 0.4) is 0 Å². The van der Waals surface area contributed by atoms with Gasteiger partial charge in [0, 0.05) is 18.7 Å². The molecule has 0 saturated carbocycles. The summed E-state index contributed by atoms with van der Waals surface area (Å²) in [5, 5.41) is 2.60. The molecular weight excluding hydrogens is 267 g/mol. The van der Waals surface area contributed by atoms with Crippen LogP contribution in [0.5, 0.6) is 5.75 Å². The molecule has 0 aliphatic carbocycles. The fourth-order valence-corrected chi connectivity index (χ4v) is 1.70. The number of para-hydroxylation sites is 1. The van der Waals surface area contributed by atoms with Crippen molar-refractivity contribution in [3.8, 4) is 5.75 Å². The Labute approximate surface area is 115 Å². The molecule has 0 bridgehead atoms. The van der Waals surface area contributed by atoms with Gasteiger partial charge in [-0.3, -0.25) is 0 Å². The number of benzene rings is 2. The van der Waals surface area contributed by atoms with Crippen LogP contribution in [-0.2, 0) is 0 Å². The summed E-state index contributed by atoms with van der Waals surface area (Å²) < 4.78 is 44.8. The monoisotopic (exact) mass is 281 g/mol. The summed E-state index contributed by atoms with van der Waals surface area (Å²) in [6.07, 6.45) is 0.561. The van der Waals surface area contributed by atoms with Crippen LogP contribution in [-0.4, -0.2) is 13.2 Å². The van der Waals surface area contributed by atoms with Gasteiger partial charge in [-0.15, -0.1) is 0 Å². The summed E-state index contributed by atoms with van der Waals surface area (Å²) >= 11 is 0. The van der Waals surface area contributed by atoms with Crippen molar-refractivity contribution >= 4 is 5.69 Å². The summed E-state index contributed by atoms with van der Waals surface area (Å²) in [5.41, 5.74) is -0.314. The average molecular weight is 281 g/mol. The fourth-order valence-electron chi connectivity index (χ4n) is 1.70. The van der Waals surface area contributed by atoms with E-state index in [2.05, 4.69) is 5.32 Å². The van der Waals surface area contributed by atoms with Crippen molar-refractivity contribution in [2.45, 2.75) is 6.42 Å². The highest BCUT2D eigenvalue weighted by atomic mass is 19.1. The molecule has 2 aromatic rings. The first-order valence-corrected chi connectivity index (χ1v) is 6.23. The first-order valence-electron chi connectivity index (χ1n) is 6.23. The number of rotatable bonds is 6. The lowest BCUT2D eigenvalue weighted by atomic mass is 10.2. The number of hydrogen-bond acceptors (Lipinski definition) is 2. The highest BCUT2D eigenvalue weighted by molar-refractivity contribution is 5.46. The predicted octanol–water partition coefficient (Wildman–Crippen LogP) is 3.98. The molecule has 0 aliphatic heterocycles. The van der Waals surface area contributed by atoms with Crippen LogP contribution >= 0.6 is 0 Å². The van der Waals surface area contributed by atoms with Gasteiger partial charge in [-0.25, -0.2) is 13.2 Å². The van der Waals surface area contributed by atoms with Crippen LogP contribution < -0.4 is 10.1 Å². The van der Waals surface area contributed by atoms with Gasteiger partial charge in [0.15, 0.2) is 11.6 Å². The molecule has 2 rings (SSSR count). The maximum absolute atomic E-state index is 13.3. The Hall–Kier alpha value is -2.17. The van der Waals surface area contributed by atoms with Crippen molar-refractivity contribution < 1.29 is 17.9 Å². The molecule has 106 valence electrons. The van der Waals surface area contributed by atoms with E-state index in [1.807, 2.05) is 30.3 Å². The predicted molar refractivity (Wildman–Crippen MR) is 71.4 cm³/mol. The zero-order valence-electron chi connectivity index (χ0n) is 10.7. The van der Waals surface area contributed by atoms with Crippen LogP contribution in [0.1, 0.15) is 6.42 Å². The molecule has 0 fully saturated rings. The molecule has 0 spiro atoms. The van der Waals surface area contributed by atoms with Crippen LogP contribution in [0.25, 0.3) is 0 Å². The third-order valence-electron chi connectivity index (χ3n) is 2.64. The molecule has 0 radical (unpaired) electrons. The van der Waals surface area contributed by atoms with Crippen molar-refractivity contribution in [3.63, 3.8) is 0 Å². The van der Waals surface area contributed by atoms with Crippen molar-refractivity contribution in [1.29, 1.82) is 0 Å². The molecular formula is C15H14F3NO. The van der Waals surface area contributed by atoms with E-state index in [1.54, 1.807) is 0 Å². The van der Waals surface area contributed by atoms with Crippen LogP contribution in [0.2, 0.25) is 0 Å². The lowest BCUT2D eigenvalue weighted by Gasteiger charge is -2.09. The molecule has 2 aromatic carbocycles. The fraction of sp³-hybridized carbons (Fsp3) is 0.200. The molecule has 0 aliphatic rings. The van der Waals surface area contributed by atoms with E-state index in [4.69, 9.17) is 4.74 Å². The zero-order chi connectivity index (χ0) is 14.4. The van der Waals surface area contributed by atoms with E-state index >= 15 is 0 Å². The molecule has 0 unspecified atom stereocenters. The largest absolute Gasteiger partial charge is 0.494 e. The maximum Gasteiger partial charge on any atom is 0.152 e. The topological polar surface area (TPSA) is 21.3 Å². The van der Waals surface area contributed by atoms with Gasteiger partial charge in [-0.1, -0.05) is 18.2 Å². The zero-order valence-corrected chi connectivity index (χ0v) is 10.7. The van der Waals surface area contributed by atoms with E-state index in [9.17, 15) is 13.2 Å². The lowest BCUT2D eigenvalue weighted by molar-refractivity contribution is 0.315. The second kappa shape index (κ2) is 6.84. The maximum atomic E-state index is 13.3. The van der Waals surface area contributed by atoms with Gasteiger partial charge in [-0.2, -0.15) is 0 Å². The van der Waals surface area contributed by atoms with Crippen molar-refractivity contribution in [1.82, 2.24) is 0 Å². The van der Waals surface area contributed by atoms with E-state index in [0.717, 1.165) is 5.75 Å². The van der Waals surface area contributed by atoms with Gasteiger partial charge in [0.05, 0.1) is 6.61 Å². The highest BCUT2D eigenvalue weighted by Crippen LogP contribution is 2.20. The van der Waals surface area contributed by atoms with Gasteiger partial charge in [-0.05, 0) is 18.6 Å². The number of hydrogen-bond donors (Lipinski definition) is 1. The number of anilines is 1. The lowest BCUT2D eigenvalue weighted by Crippen LogP contribution is -2.10. The second-order valence-electron chi connectivity index (χ2n) is 4.19. The van der Waals surface area contributed by atoms with Crippen LogP contribution in [0.4, 0.5) is 18.9 Å². The van der Waals surface area contributed by atoms with E-state index in [1.165, 1.54) is 0 Å². The Kier molecular flexibility index (Phi) is 4.87. The molecule has 0 aromatic heterocycles. The van der Waals surface area contributed by atoms with Crippen molar-refractivity contribution in [2.24, 2.45) is 0 Å².